The predicted octanol–water partition coefficient (Wildman–Crippen LogP) is 7.18. The molecule has 0 saturated heterocycles. The fourth-order valence-corrected chi connectivity index (χ4v) is 3.93. The lowest BCUT2D eigenvalue weighted by Crippen LogP contribution is -2.10. The number of carbonyl (C=O) groups is 1. The number of hydrazone groups is 1. The van der Waals surface area contributed by atoms with E-state index >= 15 is 0 Å². The first-order valence-corrected chi connectivity index (χ1v) is 11.9. The van der Waals surface area contributed by atoms with Crippen LogP contribution >= 0.6 is 34.5 Å². The molecule has 1 N–H and O–H groups in total. The van der Waals surface area contributed by atoms with Crippen molar-refractivity contribution in [3.63, 3.8) is 0 Å². The first-order valence-electron chi connectivity index (χ1n) is 10.3. The molecule has 0 aliphatic carbocycles. The third-order valence-electron chi connectivity index (χ3n) is 4.57. The van der Waals surface area contributed by atoms with Crippen LogP contribution in [-0.4, -0.2) is 23.8 Å². The van der Waals surface area contributed by atoms with Crippen molar-refractivity contribution >= 4 is 51.9 Å². The molecular formula is C25H19Cl2N3O3S. The fraction of sp³-hybridized carbons (Fsp3) is 0.0800. The van der Waals surface area contributed by atoms with Gasteiger partial charge >= 0.3 is 5.97 Å². The number of thiazole rings is 1. The molecule has 0 radical (unpaired) electrons. The summed E-state index contributed by atoms with van der Waals surface area (Å²) in [6, 6.07) is 19.6. The highest BCUT2D eigenvalue weighted by molar-refractivity contribution is 7.14. The molecule has 1 aromatic heterocycles. The highest BCUT2D eigenvalue weighted by Crippen LogP contribution is 2.30. The standard InChI is InChI=1S/C25H19Cl2N3O3S/c1-2-32-23-12-16(8-11-22(23)33-24(31)18-9-10-19(26)20(27)13-18)14-28-30-25-29-21(15-34-25)17-6-4-3-5-7-17/h3-15H,2H2,1H3,(H,29,30). The number of rotatable bonds is 8. The summed E-state index contributed by atoms with van der Waals surface area (Å²) in [4.78, 5) is 17.1. The van der Waals surface area contributed by atoms with Gasteiger partial charge in [-0.05, 0) is 48.9 Å². The summed E-state index contributed by atoms with van der Waals surface area (Å²) in [5, 5.41) is 7.54. The van der Waals surface area contributed by atoms with Gasteiger partial charge in [-0.15, -0.1) is 11.3 Å². The second kappa shape index (κ2) is 11.2. The van der Waals surface area contributed by atoms with E-state index in [9.17, 15) is 4.79 Å². The van der Waals surface area contributed by atoms with E-state index in [1.165, 1.54) is 17.4 Å². The van der Waals surface area contributed by atoms with Gasteiger partial charge in [0.15, 0.2) is 11.5 Å². The lowest BCUT2D eigenvalue weighted by atomic mass is 10.2. The number of halogens is 2. The molecule has 0 amide bonds. The zero-order valence-corrected chi connectivity index (χ0v) is 20.3. The van der Waals surface area contributed by atoms with Gasteiger partial charge in [0, 0.05) is 10.9 Å². The number of carbonyl (C=O) groups excluding carboxylic acids is 1. The zero-order chi connectivity index (χ0) is 23.9. The summed E-state index contributed by atoms with van der Waals surface area (Å²) in [5.74, 6) is 0.136. The number of hydrogen-bond donors (Lipinski definition) is 1. The van der Waals surface area contributed by atoms with Crippen molar-refractivity contribution in [1.29, 1.82) is 0 Å². The van der Waals surface area contributed by atoms with Gasteiger partial charge in [0.2, 0.25) is 5.13 Å². The number of nitrogens with zero attached hydrogens (tertiary/aromatic N) is 2. The Balaban J connectivity index is 1.44. The van der Waals surface area contributed by atoms with Crippen molar-refractivity contribution in [3.05, 3.63) is 93.3 Å². The number of esters is 1. The molecule has 0 aliphatic rings. The predicted molar refractivity (Wildman–Crippen MR) is 138 cm³/mol. The van der Waals surface area contributed by atoms with Crippen LogP contribution in [0.15, 0.2) is 77.2 Å². The Hall–Kier alpha value is -3.39. The summed E-state index contributed by atoms with van der Waals surface area (Å²) in [6.07, 6.45) is 1.64. The Kier molecular flexibility index (Phi) is 7.80. The Morgan fingerprint density at radius 3 is 2.65 bits per heavy atom. The highest BCUT2D eigenvalue weighted by atomic mass is 35.5. The average Bonchev–Trinajstić information content (AvgIpc) is 3.32. The Morgan fingerprint density at radius 2 is 1.88 bits per heavy atom. The van der Waals surface area contributed by atoms with Gasteiger partial charge in [-0.25, -0.2) is 9.78 Å². The number of nitrogens with one attached hydrogen (secondary N) is 1. The van der Waals surface area contributed by atoms with Crippen LogP contribution in [0.3, 0.4) is 0 Å². The summed E-state index contributed by atoms with van der Waals surface area (Å²) in [7, 11) is 0. The van der Waals surface area contributed by atoms with Gasteiger partial charge in [0.05, 0.1) is 34.1 Å². The summed E-state index contributed by atoms with van der Waals surface area (Å²) >= 11 is 13.4. The first kappa shape index (κ1) is 23.8. The molecule has 0 bridgehead atoms. The van der Waals surface area contributed by atoms with Gasteiger partial charge in [-0.3, -0.25) is 5.43 Å². The van der Waals surface area contributed by atoms with E-state index in [-0.39, 0.29) is 16.3 Å². The summed E-state index contributed by atoms with van der Waals surface area (Å²) in [5.41, 5.74) is 5.91. The van der Waals surface area contributed by atoms with Gasteiger partial charge in [-0.2, -0.15) is 5.10 Å². The Bertz CT molecular complexity index is 1330. The maximum atomic E-state index is 12.5. The van der Waals surface area contributed by atoms with Crippen molar-refractivity contribution in [3.8, 4) is 22.8 Å². The topological polar surface area (TPSA) is 72.8 Å². The number of ether oxygens (including phenoxy) is 2. The van der Waals surface area contributed by atoms with Crippen molar-refractivity contribution in [2.24, 2.45) is 5.10 Å². The number of hydrogen-bond acceptors (Lipinski definition) is 7. The molecule has 0 aliphatic heterocycles. The van der Waals surface area contributed by atoms with E-state index < -0.39 is 5.97 Å². The van der Waals surface area contributed by atoms with Crippen LogP contribution in [-0.2, 0) is 0 Å². The van der Waals surface area contributed by atoms with Crippen LogP contribution in [0.2, 0.25) is 10.0 Å². The van der Waals surface area contributed by atoms with Crippen LogP contribution < -0.4 is 14.9 Å². The molecule has 34 heavy (non-hydrogen) atoms. The molecule has 0 saturated carbocycles. The molecule has 1 heterocycles. The molecule has 3 aromatic carbocycles. The maximum absolute atomic E-state index is 12.5. The zero-order valence-electron chi connectivity index (χ0n) is 18.0. The van der Waals surface area contributed by atoms with Gasteiger partial charge in [0.25, 0.3) is 0 Å². The minimum absolute atomic E-state index is 0.274. The third-order valence-corrected chi connectivity index (χ3v) is 6.06. The van der Waals surface area contributed by atoms with Crippen molar-refractivity contribution in [1.82, 2.24) is 4.98 Å². The number of aromatic nitrogens is 1. The molecule has 4 rings (SSSR count). The van der Waals surface area contributed by atoms with E-state index in [4.69, 9.17) is 32.7 Å². The summed E-state index contributed by atoms with van der Waals surface area (Å²) in [6.45, 7) is 2.25. The van der Waals surface area contributed by atoms with E-state index in [1.54, 1.807) is 36.5 Å². The van der Waals surface area contributed by atoms with E-state index in [2.05, 4.69) is 15.5 Å². The SMILES string of the molecule is CCOc1cc(C=NNc2nc(-c3ccccc3)cs2)ccc1OC(=O)c1ccc(Cl)c(Cl)c1. The molecule has 0 fully saturated rings. The normalized spacial score (nSPS) is 10.9. The van der Waals surface area contributed by atoms with Gasteiger partial charge in [0.1, 0.15) is 0 Å². The molecule has 0 unspecified atom stereocenters. The quantitative estimate of drug-likeness (QED) is 0.117. The van der Waals surface area contributed by atoms with E-state index in [0.717, 1.165) is 16.8 Å². The van der Waals surface area contributed by atoms with Crippen LogP contribution in [0.4, 0.5) is 5.13 Å². The van der Waals surface area contributed by atoms with Crippen molar-refractivity contribution in [2.45, 2.75) is 6.92 Å². The van der Waals surface area contributed by atoms with Crippen LogP contribution in [0.25, 0.3) is 11.3 Å². The van der Waals surface area contributed by atoms with Crippen molar-refractivity contribution < 1.29 is 14.3 Å². The van der Waals surface area contributed by atoms with Gasteiger partial charge in [-0.1, -0.05) is 53.5 Å². The molecule has 9 heteroatoms. The molecule has 0 atom stereocenters. The average molecular weight is 512 g/mol. The third kappa shape index (κ3) is 5.94. The summed E-state index contributed by atoms with van der Waals surface area (Å²) < 4.78 is 11.2. The largest absolute Gasteiger partial charge is 0.490 e. The first-order chi connectivity index (χ1) is 16.5. The smallest absolute Gasteiger partial charge is 0.343 e. The Morgan fingerprint density at radius 1 is 1.06 bits per heavy atom. The van der Waals surface area contributed by atoms with E-state index in [1.807, 2.05) is 42.6 Å². The lowest BCUT2D eigenvalue weighted by Gasteiger charge is -2.11. The highest BCUT2D eigenvalue weighted by Gasteiger charge is 2.14. The number of benzene rings is 3. The van der Waals surface area contributed by atoms with Crippen LogP contribution in [0.5, 0.6) is 11.5 Å². The Labute approximate surface area is 210 Å². The van der Waals surface area contributed by atoms with Crippen molar-refractivity contribution in [2.75, 3.05) is 12.0 Å². The molecular weight excluding hydrogens is 493 g/mol. The second-order valence-electron chi connectivity index (χ2n) is 6.93. The molecule has 0 spiro atoms. The van der Waals surface area contributed by atoms with Crippen LogP contribution in [0.1, 0.15) is 22.8 Å². The molecule has 6 nitrogen and oxygen atoms in total. The number of anilines is 1. The molecule has 4 aromatic rings. The van der Waals surface area contributed by atoms with Crippen LogP contribution in [0, 0.1) is 0 Å². The monoisotopic (exact) mass is 511 g/mol. The van der Waals surface area contributed by atoms with E-state index in [0.29, 0.717) is 22.5 Å². The fourth-order valence-electron chi connectivity index (χ4n) is 2.97. The minimum atomic E-state index is -0.569. The van der Waals surface area contributed by atoms with Gasteiger partial charge < -0.3 is 9.47 Å². The lowest BCUT2D eigenvalue weighted by molar-refractivity contribution is 0.0728. The maximum Gasteiger partial charge on any atom is 0.343 e. The molecule has 172 valence electrons. The second-order valence-corrected chi connectivity index (χ2v) is 8.60. The minimum Gasteiger partial charge on any atom is -0.490 e.